The molecule has 0 fully saturated rings. The summed E-state index contributed by atoms with van der Waals surface area (Å²) in [5.41, 5.74) is 4.67. The van der Waals surface area contributed by atoms with Crippen LogP contribution in [0.2, 0.25) is 0 Å². The van der Waals surface area contributed by atoms with Crippen LogP contribution < -0.4 is 0 Å². The van der Waals surface area contributed by atoms with Gasteiger partial charge in [0.2, 0.25) is 10.0 Å². The maximum atomic E-state index is 12.6. The highest BCUT2D eigenvalue weighted by Gasteiger charge is 2.27. The lowest BCUT2D eigenvalue weighted by atomic mass is 10.0. The second-order valence-corrected chi connectivity index (χ2v) is 11.4. The minimum absolute atomic E-state index is 0.115. The van der Waals surface area contributed by atoms with Gasteiger partial charge in [-0.05, 0) is 68.0 Å². The summed E-state index contributed by atoms with van der Waals surface area (Å²) in [6.45, 7) is 10.8. The number of rotatable bonds is 8. The molecule has 6 heteroatoms. The van der Waals surface area contributed by atoms with Crippen molar-refractivity contribution in [2.24, 2.45) is 5.92 Å². The van der Waals surface area contributed by atoms with Crippen LogP contribution in [0.5, 0.6) is 0 Å². The van der Waals surface area contributed by atoms with Gasteiger partial charge in [0, 0.05) is 49.1 Å². The third kappa shape index (κ3) is 4.60. The van der Waals surface area contributed by atoms with Crippen LogP contribution in [-0.4, -0.2) is 40.6 Å². The number of nitrogens with zero attached hydrogens (tertiary/aromatic N) is 3. The van der Waals surface area contributed by atoms with E-state index in [9.17, 15) is 8.42 Å². The zero-order chi connectivity index (χ0) is 22.1. The van der Waals surface area contributed by atoms with Crippen LogP contribution in [0.4, 0.5) is 0 Å². The van der Waals surface area contributed by atoms with Crippen molar-refractivity contribution in [2.75, 3.05) is 7.05 Å². The number of benzene rings is 1. The fourth-order valence-electron chi connectivity index (χ4n) is 3.83. The van der Waals surface area contributed by atoms with Crippen LogP contribution in [0.25, 0.3) is 22.0 Å². The molecule has 0 aliphatic carbocycles. The van der Waals surface area contributed by atoms with Gasteiger partial charge in [-0.2, -0.15) is 0 Å². The first-order valence-corrected chi connectivity index (χ1v) is 12.1. The van der Waals surface area contributed by atoms with Gasteiger partial charge in [0.05, 0.1) is 5.25 Å². The fraction of sp³-hybridized carbons (Fsp3) is 0.458. The summed E-state index contributed by atoms with van der Waals surface area (Å²) in [5, 5.41) is 0.769. The van der Waals surface area contributed by atoms with Crippen molar-refractivity contribution in [3.63, 3.8) is 0 Å². The Bertz CT molecular complexity index is 1100. The molecule has 1 unspecified atom stereocenters. The van der Waals surface area contributed by atoms with Crippen LogP contribution in [0.3, 0.4) is 0 Å². The Morgan fingerprint density at radius 3 is 2.27 bits per heavy atom. The topological polar surface area (TPSA) is 55.2 Å². The van der Waals surface area contributed by atoms with E-state index in [2.05, 4.69) is 47.8 Å². The smallest absolute Gasteiger partial charge is 0.216 e. The van der Waals surface area contributed by atoms with Gasteiger partial charge in [0.25, 0.3) is 0 Å². The quantitative estimate of drug-likeness (QED) is 0.510. The Kier molecular flexibility index (Phi) is 6.68. The fourth-order valence-corrected chi connectivity index (χ4v) is 5.07. The molecule has 2 aromatic heterocycles. The summed E-state index contributed by atoms with van der Waals surface area (Å²) in [6, 6.07) is 10.5. The second kappa shape index (κ2) is 8.90. The van der Waals surface area contributed by atoms with Crippen molar-refractivity contribution >= 4 is 20.9 Å². The lowest BCUT2D eigenvalue weighted by molar-refractivity contribution is 0.383. The number of hydrogen-bond donors (Lipinski definition) is 0. The summed E-state index contributed by atoms with van der Waals surface area (Å²) >= 11 is 0. The van der Waals surface area contributed by atoms with E-state index in [1.807, 2.05) is 31.5 Å². The van der Waals surface area contributed by atoms with Gasteiger partial charge in [-0.25, -0.2) is 12.7 Å². The SMILES string of the molecule is CC(C)Cn1cc(CC(C)N(C)S(=O)(=O)C(C)C)c2ccc(-c3ccncc3)cc21. The molecular weight excluding hydrogens is 394 g/mol. The summed E-state index contributed by atoms with van der Waals surface area (Å²) in [7, 11) is -1.59. The van der Waals surface area contributed by atoms with E-state index in [0.717, 1.165) is 17.7 Å². The normalized spacial score (nSPS) is 13.6. The molecule has 162 valence electrons. The largest absolute Gasteiger partial charge is 0.347 e. The van der Waals surface area contributed by atoms with E-state index in [1.54, 1.807) is 20.9 Å². The molecule has 0 spiro atoms. The van der Waals surface area contributed by atoms with Gasteiger partial charge in [0.15, 0.2) is 0 Å². The molecule has 0 bridgehead atoms. The van der Waals surface area contributed by atoms with Crippen molar-refractivity contribution in [3.05, 3.63) is 54.5 Å². The molecule has 2 heterocycles. The third-order valence-corrected chi connectivity index (χ3v) is 8.03. The summed E-state index contributed by atoms with van der Waals surface area (Å²) in [5.74, 6) is 0.513. The number of sulfonamides is 1. The maximum absolute atomic E-state index is 12.6. The molecule has 3 aromatic rings. The number of fused-ring (bicyclic) bond motifs is 1. The highest BCUT2D eigenvalue weighted by Crippen LogP contribution is 2.30. The first kappa shape index (κ1) is 22.5. The van der Waals surface area contributed by atoms with Gasteiger partial charge in [-0.1, -0.05) is 26.0 Å². The molecule has 0 amide bonds. The number of aromatic nitrogens is 2. The van der Waals surface area contributed by atoms with Crippen LogP contribution in [0, 0.1) is 5.92 Å². The molecule has 0 radical (unpaired) electrons. The van der Waals surface area contributed by atoms with E-state index >= 15 is 0 Å². The predicted octanol–water partition coefficient (Wildman–Crippen LogP) is 4.96. The van der Waals surface area contributed by atoms with Crippen molar-refractivity contribution < 1.29 is 8.42 Å². The van der Waals surface area contributed by atoms with Crippen LogP contribution in [0.15, 0.2) is 48.9 Å². The molecule has 3 rings (SSSR count). The monoisotopic (exact) mass is 427 g/mol. The predicted molar refractivity (Wildman–Crippen MR) is 125 cm³/mol. The Balaban J connectivity index is 2.01. The first-order chi connectivity index (χ1) is 14.1. The minimum Gasteiger partial charge on any atom is -0.347 e. The molecule has 1 aromatic carbocycles. The van der Waals surface area contributed by atoms with Crippen LogP contribution in [0.1, 0.15) is 40.2 Å². The van der Waals surface area contributed by atoms with E-state index in [0.29, 0.717) is 12.3 Å². The van der Waals surface area contributed by atoms with Gasteiger partial charge in [-0.3, -0.25) is 4.98 Å². The second-order valence-electron chi connectivity index (χ2n) is 8.83. The lowest BCUT2D eigenvalue weighted by Gasteiger charge is -2.26. The summed E-state index contributed by atoms with van der Waals surface area (Å²) < 4.78 is 29.0. The third-order valence-electron chi connectivity index (χ3n) is 5.67. The Morgan fingerprint density at radius 2 is 1.67 bits per heavy atom. The zero-order valence-electron chi connectivity index (χ0n) is 18.8. The number of pyridine rings is 1. The van der Waals surface area contributed by atoms with Gasteiger partial charge < -0.3 is 4.57 Å². The van der Waals surface area contributed by atoms with Crippen molar-refractivity contribution in [3.8, 4) is 11.1 Å². The average Bonchev–Trinajstić information content (AvgIpc) is 3.03. The van der Waals surface area contributed by atoms with E-state index in [-0.39, 0.29) is 6.04 Å². The zero-order valence-corrected chi connectivity index (χ0v) is 19.6. The number of likely N-dealkylation sites (N-methyl/N-ethyl adjacent to an activating group) is 1. The Labute approximate surface area is 180 Å². The van der Waals surface area contributed by atoms with Crippen LogP contribution in [-0.2, 0) is 23.0 Å². The first-order valence-electron chi connectivity index (χ1n) is 10.6. The van der Waals surface area contributed by atoms with Crippen LogP contribution >= 0.6 is 0 Å². The maximum Gasteiger partial charge on any atom is 0.216 e. The molecular formula is C24H33N3O2S. The van der Waals surface area contributed by atoms with Crippen molar-refractivity contribution in [2.45, 2.75) is 58.9 Å². The van der Waals surface area contributed by atoms with Crippen molar-refractivity contribution in [1.29, 1.82) is 0 Å². The van der Waals surface area contributed by atoms with E-state index < -0.39 is 15.3 Å². The lowest BCUT2D eigenvalue weighted by Crippen LogP contribution is -2.40. The molecule has 1 atom stereocenters. The molecule has 0 saturated heterocycles. The van der Waals surface area contributed by atoms with E-state index in [1.165, 1.54) is 20.8 Å². The average molecular weight is 428 g/mol. The minimum atomic E-state index is -3.28. The summed E-state index contributed by atoms with van der Waals surface area (Å²) in [4.78, 5) is 4.12. The van der Waals surface area contributed by atoms with Gasteiger partial charge >= 0.3 is 0 Å². The highest BCUT2D eigenvalue weighted by molar-refractivity contribution is 7.89. The molecule has 0 N–H and O–H groups in total. The van der Waals surface area contributed by atoms with Gasteiger partial charge in [-0.15, -0.1) is 0 Å². The molecule has 30 heavy (non-hydrogen) atoms. The standard InChI is InChI=1S/C24H33N3O2S/c1-17(2)15-27-16-22(13-19(5)26(6)30(28,29)18(3)4)23-8-7-21(14-24(23)27)20-9-11-25-12-10-20/h7-12,14,16-19H,13,15H2,1-6H3. The summed E-state index contributed by atoms with van der Waals surface area (Å²) in [6.07, 6.45) is 6.50. The number of hydrogen-bond acceptors (Lipinski definition) is 3. The molecule has 0 aliphatic rings. The Morgan fingerprint density at radius 1 is 1.00 bits per heavy atom. The highest BCUT2D eigenvalue weighted by atomic mass is 32.2. The van der Waals surface area contributed by atoms with Crippen molar-refractivity contribution in [1.82, 2.24) is 13.9 Å². The molecule has 0 aliphatic heterocycles. The van der Waals surface area contributed by atoms with Gasteiger partial charge in [0.1, 0.15) is 0 Å². The molecule has 0 saturated carbocycles. The Hall–Kier alpha value is -2.18. The van der Waals surface area contributed by atoms with E-state index in [4.69, 9.17) is 0 Å². The molecule has 5 nitrogen and oxygen atoms in total.